The lowest BCUT2D eigenvalue weighted by molar-refractivity contribution is 0.543. The highest BCUT2D eigenvalue weighted by Crippen LogP contribution is 2.30. The summed E-state index contributed by atoms with van der Waals surface area (Å²) in [5.74, 6) is -0.174. The molecule has 0 saturated heterocycles. The van der Waals surface area contributed by atoms with Gasteiger partial charge in [0.15, 0.2) is 0 Å². The molecule has 0 aromatic heterocycles. The topological polar surface area (TPSA) is 26.0 Å². The third kappa shape index (κ3) is 1.69. The van der Waals surface area contributed by atoms with Crippen LogP contribution >= 0.6 is 0 Å². The Labute approximate surface area is 95.1 Å². The standard InChI is InChI=1S/C14H16FN/c1-14(2,9-16)12-7-3-6-11-10(12)5-4-8-13(11)15/h3-8H,9,16H2,1-2H3. The van der Waals surface area contributed by atoms with Gasteiger partial charge in [-0.1, -0.05) is 44.2 Å². The highest BCUT2D eigenvalue weighted by atomic mass is 19.1. The lowest BCUT2D eigenvalue weighted by atomic mass is 9.82. The van der Waals surface area contributed by atoms with E-state index in [-0.39, 0.29) is 11.2 Å². The smallest absolute Gasteiger partial charge is 0.131 e. The van der Waals surface area contributed by atoms with Crippen molar-refractivity contribution in [1.29, 1.82) is 0 Å². The van der Waals surface area contributed by atoms with Crippen molar-refractivity contribution in [3.05, 3.63) is 47.8 Å². The molecule has 84 valence electrons. The lowest BCUT2D eigenvalue weighted by Gasteiger charge is -2.24. The van der Waals surface area contributed by atoms with Gasteiger partial charge >= 0.3 is 0 Å². The van der Waals surface area contributed by atoms with E-state index in [1.165, 1.54) is 6.07 Å². The molecule has 0 heterocycles. The molecule has 2 aromatic carbocycles. The molecule has 0 radical (unpaired) electrons. The fourth-order valence-corrected chi connectivity index (χ4v) is 1.97. The molecular formula is C14H16FN. The van der Waals surface area contributed by atoms with Crippen LogP contribution in [0.2, 0.25) is 0 Å². The first-order valence-corrected chi connectivity index (χ1v) is 5.44. The van der Waals surface area contributed by atoms with Gasteiger partial charge in [0, 0.05) is 17.3 Å². The third-order valence-corrected chi connectivity index (χ3v) is 3.11. The fourth-order valence-electron chi connectivity index (χ4n) is 1.97. The molecule has 2 rings (SSSR count). The van der Waals surface area contributed by atoms with Gasteiger partial charge in [0.1, 0.15) is 5.82 Å². The normalized spacial score (nSPS) is 12.0. The zero-order valence-electron chi connectivity index (χ0n) is 9.63. The molecule has 0 atom stereocenters. The second kappa shape index (κ2) is 3.87. The summed E-state index contributed by atoms with van der Waals surface area (Å²) in [7, 11) is 0. The monoisotopic (exact) mass is 217 g/mol. The van der Waals surface area contributed by atoms with Crippen molar-refractivity contribution in [2.75, 3.05) is 6.54 Å². The molecule has 0 aliphatic rings. The number of benzene rings is 2. The van der Waals surface area contributed by atoms with Crippen LogP contribution in [0.15, 0.2) is 36.4 Å². The van der Waals surface area contributed by atoms with Crippen molar-refractivity contribution in [1.82, 2.24) is 0 Å². The zero-order chi connectivity index (χ0) is 11.8. The number of rotatable bonds is 2. The van der Waals surface area contributed by atoms with E-state index >= 15 is 0 Å². The quantitative estimate of drug-likeness (QED) is 0.821. The summed E-state index contributed by atoms with van der Waals surface area (Å²) in [6.45, 7) is 4.70. The van der Waals surface area contributed by atoms with Crippen molar-refractivity contribution >= 4 is 10.8 Å². The summed E-state index contributed by atoms with van der Waals surface area (Å²) in [6, 6.07) is 10.9. The maximum Gasteiger partial charge on any atom is 0.131 e. The van der Waals surface area contributed by atoms with Gasteiger partial charge in [-0.15, -0.1) is 0 Å². The molecule has 2 aromatic rings. The first kappa shape index (κ1) is 11.1. The Morgan fingerprint density at radius 1 is 1.06 bits per heavy atom. The highest BCUT2D eigenvalue weighted by Gasteiger charge is 2.21. The van der Waals surface area contributed by atoms with Gasteiger partial charge in [-0.05, 0) is 17.0 Å². The van der Waals surface area contributed by atoms with Crippen molar-refractivity contribution in [3.63, 3.8) is 0 Å². The van der Waals surface area contributed by atoms with Gasteiger partial charge < -0.3 is 5.73 Å². The highest BCUT2D eigenvalue weighted by molar-refractivity contribution is 5.87. The summed E-state index contributed by atoms with van der Waals surface area (Å²) in [6.07, 6.45) is 0. The summed E-state index contributed by atoms with van der Waals surface area (Å²) < 4.78 is 13.6. The zero-order valence-corrected chi connectivity index (χ0v) is 9.63. The van der Waals surface area contributed by atoms with Gasteiger partial charge in [-0.3, -0.25) is 0 Å². The van der Waals surface area contributed by atoms with Crippen molar-refractivity contribution in [2.45, 2.75) is 19.3 Å². The van der Waals surface area contributed by atoms with E-state index in [0.717, 1.165) is 10.9 Å². The number of halogens is 1. The van der Waals surface area contributed by atoms with Crippen LogP contribution in [0.1, 0.15) is 19.4 Å². The number of hydrogen-bond acceptors (Lipinski definition) is 1. The summed E-state index contributed by atoms with van der Waals surface area (Å²) in [4.78, 5) is 0. The van der Waals surface area contributed by atoms with Crippen molar-refractivity contribution < 1.29 is 4.39 Å². The largest absolute Gasteiger partial charge is 0.330 e. The summed E-state index contributed by atoms with van der Waals surface area (Å²) in [5, 5.41) is 1.62. The molecule has 0 saturated carbocycles. The van der Waals surface area contributed by atoms with Gasteiger partial charge in [0.05, 0.1) is 0 Å². The SMILES string of the molecule is CC(C)(CN)c1cccc2c(F)cccc12. The number of fused-ring (bicyclic) bond motifs is 1. The van der Waals surface area contributed by atoms with Crippen LogP contribution in [0.5, 0.6) is 0 Å². The third-order valence-electron chi connectivity index (χ3n) is 3.11. The van der Waals surface area contributed by atoms with E-state index in [4.69, 9.17) is 5.73 Å². The predicted octanol–water partition coefficient (Wildman–Crippen LogP) is 3.22. The minimum Gasteiger partial charge on any atom is -0.330 e. The molecule has 0 aliphatic carbocycles. The molecule has 1 nitrogen and oxygen atoms in total. The predicted molar refractivity (Wildman–Crippen MR) is 66.0 cm³/mol. The minimum absolute atomic E-state index is 0.132. The van der Waals surface area contributed by atoms with Crippen LogP contribution in [0.3, 0.4) is 0 Å². The molecule has 2 N–H and O–H groups in total. The van der Waals surface area contributed by atoms with Crippen LogP contribution in [0, 0.1) is 5.82 Å². The Morgan fingerprint density at radius 3 is 2.38 bits per heavy atom. The first-order valence-electron chi connectivity index (χ1n) is 5.44. The van der Waals surface area contributed by atoms with Crippen LogP contribution in [0.25, 0.3) is 10.8 Å². The average molecular weight is 217 g/mol. The second-order valence-corrected chi connectivity index (χ2v) is 4.73. The molecule has 0 bridgehead atoms. The van der Waals surface area contributed by atoms with E-state index < -0.39 is 0 Å². The summed E-state index contributed by atoms with van der Waals surface area (Å²) in [5.41, 5.74) is 6.75. The number of hydrogen-bond donors (Lipinski definition) is 1. The summed E-state index contributed by atoms with van der Waals surface area (Å²) >= 11 is 0. The van der Waals surface area contributed by atoms with Crippen LogP contribution in [-0.2, 0) is 5.41 Å². The minimum atomic E-state index is -0.174. The van der Waals surface area contributed by atoms with Gasteiger partial charge in [-0.2, -0.15) is 0 Å². The molecule has 0 spiro atoms. The first-order chi connectivity index (χ1) is 7.56. The van der Waals surface area contributed by atoms with E-state index in [1.807, 2.05) is 18.2 Å². The molecule has 16 heavy (non-hydrogen) atoms. The average Bonchev–Trinajstić information content (AvgIpc) is 2.29. The second-order valence-electron chi connectivity index (χ2n) is 4.73. The maximum atomic E-state index is 13.6. The molecule has 0 amide bonds. The fraction of sp³-hybridized carbons (Fsp3) is 0.286. The molecule has 0 fully saturated rings. The van der Waals surface area contributed by atoms with Gasteiger partial charge in [-0.25, -0.2) is 4.39 Å². The van der Waals surface area contributed by atoms with Crippen molar-refractivity contribution in [3.8, 4) is 0 Å². The van der Waals surface area contributed by atoms with Gasteiger partial charge in [0.25, 0.3) is 0 Å². The Morgan fingerprint density at radius 2 is 1.69 bits per heavy atom. The molecular weight excluding hydrogens is 201 g/mol. The van der Waals surface area contributed by atoms with Crippen molar-refractivity contribution in [2.24, 2.45) is 5.73 Å². The van der Waals surface area contributed by atoms with Crippen LogP contribution < -0.4 is 5.73 Å². The van der Waals surface area contributed by atoms with Crippen LogP contribution in [0.4, 0.5) is 4.39 Å². The number of nitrogens with two attached hydrogens (primary N) is 1. The molecule has 2 heteroatoms. The lowest BCUT2D eigenvalue weighted by Crippen LogP contribution is -2.28. The Balaban J connectivity index is 2.77. The van der Waals surface area contributed by atoms with E-state index in [0.29, 0.717) is 11.9 Å². The van der Waals surface area contributed by atoms with E-state index in [1.54, 1.807) is 12.1 Å². The molecule has 0 aliphatic heterocycles. The Kier molecular flexibility index (Phi) is 2.68. The van der Waals surface area contributed by atoms with Gasteiger partial charge in [0.2, 0.25) is 0 Å². The van der Waals surface area contributed by atoms with Crippen LogP contribution in [-0.4, -0.2) is 6.54 Å². The Bertz CT molecular complexity index is 517. The maximum absolute atomic E-state index is 13.6. The molecule has 0 unspecified atom stereocenters. The van der Waals surface area contributed by atoms with E-state index in [9.17, 15) is 4.39 Å². The van der Waals surface area contributed by atoms with E-state index in [2.05, 4.69) is 13.8 Å². The Hall–Kier alpha value is -1.41.